The molecule has 0 spiro atoms. The molecule has 1 aliphatic heterocycles. The summed E-state index contributed by atoms with van der Waals surface area (Å²) < 4.78 is 13.9. The van der Waals surface area contributed by atoms with Crippen LogP contribution in [-0.4, -0.2) is 33.8 Å². The first kappa shape index (κ1) is 18.8. The van der Waals surface area contributed by atoms with E-state index in [1.807, 2.05) is 0 Å². The van der Waals surface area contributed by atoms with E-state index < -0.39 is 5.92 Å². The molecular formula is C17H19FN4O2S2. The fourth-order valence-corrected chi connectivity index (χ4v) is 4.53. The number of thioether (sulfide) groups is 1. The Balaban J connectivity index is 1.60. The molecule has 0 bridgehead atoms. The van der Waals surface area contributed by atoms with Gasteiger partial charge < -0.3 is 10.2 Å². The molecule has 2 heterocycles. The number of halogens is 1. The highest BCUT2D eigenvalue weighted by Crippen LogP contribution is 2.31. The Morgan fingerprint density at radius 1 is 1.42 bits per heavy atom. The highest BCUT2D eigenvalue weighted by molar-refractivity contribution is 8.01. The second-order valence-electron chi connectivity index (χ2n) is 6.08. The molecule has 1 aromatic heterocycles. The molecule has 9 heteroatoms. The van der Waals surface area contributed by atoms with Crippen molar-refractivity contribution in [2.24, 2.45) is 5.92 Å². The van der Waals surface area contributed by atoms with Gasteiger partial charge in [0.2, 0.25) is 16.9 Å². The van der Waals surface area contributed by atoms with Crippen LogP contribution in [0.15, 0.2) is 28.6 Å². The molecule has 6 nitrogen and oxygen atoms in total. The van der Waals surface area contributed by atoms with Gasteiger partial charge in [-0.1, -0.05) is 36.9 Å². The van der Waals surface area contributed by atoms with E-state index in [0.29, 0.717) is 16.1 Å². The van der Waals surface area contributed by atoms with E-state index in [0.717, 1.165) is 10.8 Å². The van der Waals surface area contributed by atoms with Crippen LogP contribution >= 0.6 is 23.1 Å². The number of hydrogen-bond acceptors (Lipinski definition) is 6. The van der Waals surface area contributed by atoms with Gasteiger partial charge in [-0.25, -0.2) is 4.39 Å². The molecule has 2 aromatic rings. The van der Waals surface area contributed by atoms with Crippen molar-refractivity contribution in [3.8, 4) is 0 Å². The van der Waals surface area contributed by atoms with Crippen molar-refractivity contribution in [2.75, 3.05) is 16.8 Å². The van der Waals surface area contributed by atoms with Crippen LogP contribution < -0.4 is 10.2 Å². The minimum absolute atomic E-state index is 0.122. The van der Waals surface area contributed by atoms with Crippen molar-refractivity contribution >= 4 is 45.7 Å². The summed E-state index contributed by atoms with van der Waals surface area (Å²) in [6.07, 6.45) is 1.14. The van der Waals surface area contributed by atoms with Gasteiger partial charge in [-0.2, -0.15) is 0 Å². The fraction of sp³-hybridized carbons (Fsp3) is 0.412. The van der Waals surface area contributed by atoms with Gasteiger partial charge in [0.05, 0.1) is 5.92 Å². The van der Waals surface area contributed by atoms with Crippen LogP contribution in [0, 0.1) is 11.7 Å². The van der Waals surface area contributed by atoms with Crippen LogP contribution in [0.4, 0.5) is 15.2 Å². The summed E-state index contributed by atoms with van der Waals surface area (Å²) in [4.78, 5) is 26.2. The first-order chi connectivity index (χ1) is 12.5. The molecule has 26 heavy (non-hydrogen) atoms. The smallest absolute Gasteiger partial charge is 0.231 e. The Kier molecular flexibility index (Phi) is 5.87. The summed E-state index contributed by atoms with van der Waals surface area (Å²) in [5, 5.41) is 11.7. The quantitative estimate of drug-likeness (QED) is 0.599. The number of aromatic nitrogens is 2. The molecule has 1 aliphatic rings. The molecule has 0 radical (unpaired) electrons. The number of nitrogens with zero attached hydrogens (tertiary/aromatic N) is 3. The Morgan fingerprint density at radius 2 is 2.15 bits per heavy atom. The lowest BCUT2D eigenvalue weighted by atomic mass is 10.1. The third-order valence-electron chi connectivity index (χ3n) is 4.15. The maximum absolute atomic E-state index is 13.0. The lowest BCUT2D eigenvalue weighted by Crippen LogP contribution is -2.28. The number of carbonyl (C=O) groups excluding carboxylic acids is 2. The molecule has 138 valence electrons. The van der Waals surface area contributed by atoms with Gasteiger partial charge >= 0.3 is 0 Å². The van der Waals surface area contributed by atoms with E-state index in [2.05, 4.69) is 29.4 Å². The predicted octanol–water partition coefficient (Wildman–Crippen LogP) is 3.56. The molecule has 3 rings (SSSR count). The van der Waals surface area contributed by atoms with Crippen molar-refractivity contribution < 1.29 is 14.0 Å². The first-order valence-corrected chi connectivity index (χ1v) is 10.0. The average Bonchev–Trinajstić information content (AvgIpc) is 3.22. The Morgan fingerprint density at radius 3 is 2.85 bits per heavy atom. The first-order valence-electron chi connectivity index (χ1n) is 8.33. The zero-order valence-corrected chi connectivity index (χ0v) is 16.1. The highest BCUT2D eigenvalue weighted by Gasteiger charge is 2.35. The van der Waals surface area contributed by atoms with E-state index in [1.54, 1.807) is 11.8 Å². The van der Waals surface area contributed by atoms with Crippen molar-refractivity contribution in [3.63, 3.8) is 0 Å². The number of benzene rings is 1. The van der Waals surface area contributed by atoms with Crippen molar-refractivity contribution in [1.82, 2.24) is 10.2 Å². The molecule has 1 N–H and O–H groups in total. The third kappa shape index (κ3) is 4.39. The minimum Gasteiger partial charge on any atom is -0.312 e. The number of carbonyl (C=O) groups is 2. The van der Waals surface area contributed by atoms with E-state index in [1.165, 1.54) is 40.5 Å². The van der Waals surface area contributed by atoms with Crippen molar-refractivity contribution in [3.05, 3.63) is 30.1 Å². The number of rotatable bonds is 6. The molecule has 0 aliphatic carbocycles. The summed E-state index contributed by atoms with van der Waals surface area (Å²) in [7, 11) is 0. The lowest BCUT2D eigenvalue weighted by molar-refractivity contribution is -0.122. The van der Waals surface area contributed by atoms with Gasteiger partial charge in [0, 0.05) is 23.9 Å². The van der Waals surface area contributed by atoms with Crippen LogP contribution in [0.3, 0.4) is 0 Å². The van der Waals surface area contributed by atoms with Gasteiger partial charge in [0.25, 0.3) is 0 Å². The maximum Gasteiger partial charge on any atom is 0.231 e. The zero-order valence-electron chi connectivity index (χ0n) is 14.4. The van der Waals surface area contributed by atoms with Gasteiger partial charge in [-0.05, 0) is 30.7 Å². The SMILES string of the molecule is CC[C@@H](C)Sc1nnc(NC(=O)[C@@H]2CC(=O)N(c3ccc(F)cc3)C2)s1. The number of hydrogen-bond donors (Lipinski definition) is 1. The van der Waals surface area contributed by atoms with Gasteiger partial charge in [-0.3, -0.25) is 9.59 Å². The standard InChI is InChI=1S/C17H19FN4O2S2/c1-3-10(2)25-17-21-20-16(26-17)19-15(24)11-8-14(23)22(9-11)13-6-4-12(18)5-7-13/h4-7,10-11H,3,8-9H2,1-2H3,(H,19,20,24)/t10-,11-/m1/s1. The monoisotopic (exact) mass is 394 g/mol. The largest absolute Gasteiger partial charge is 0.312 e. The zero-order chi connectivity index (χ0) is 18.7. The van der Waals surface area contributed by atoms with Gasteiger partial charge in [0.1, 0.15) is 5.82 Å². The van der Waals surface area contributed by atoms with E-state index in [-0.39, 0.29) is 30.6 Å². The molecule has 2 amide bonds. The molecule has 1 fully saturated rings. The summed E-state index contributed by atoms with van der Waals surface area (Å²) in [6, 6.07) is 5.68. The third-order valence-corrected chi connectivity index (χ3v) is 6.34. The summed E-state index contributed by atoms with van der Waals surface area (Å²) >= 11 is 2.96. The number of nitrogens with one attached hydrogen (secondary N) is 1. The Hall–Kier alpha value is -2.00. The van der Waals surface area contributed by atoms with E-state index >= 15 is 0 Å². The Labute approximate surface area is 159 Å². The average molecular weight is 394 g/mol. The second kappa shape index (κ2) is 8.13. The topological polar surface area (TPSA) is 75.2 Å². The Bertz CT molecular complexity index is 796. The van der Waals surface area contributed by atoms with E-state index in [9.17, 15) is 14.0 Å². The van der Waals surface area contributed by atoms with Crippen molar-refractivity contribution in [1.29, 1.82) is 0 Å². The molecular weight excluding hydrogens is 375 g/mol. The number of amides is 2. The molecule has 1 aromatic carbocycles. The summed E-state index contributed by atoms with van der Waals surface area (Å²) in [5.41, 5.74) is 0.592. The summed E-state index contributed by atoms with van der Waals surface area (Å²) in [5.74, 6) is -1.24. The van der Waals surface area contributed by atoms with Crippen LogP contribution in [0.1, 0.15) is 26.7 Å². The molecule has 2 atom stereocenters. The molecule has 0 saturated carbocycles. The van der Waals surface area contributed by atoms with E-state index in [4.69, 9.17) is 0 Å². The minimum atomic E-state index is -0.470. The normalized spacial score (nSPS) is 18.2. The van der Waals surface area contributed by atoms with Crippen LogP contribution in [0.2, 0.25) is 0 Å². The maximum atomic E-state index is 13.0. The highest BCUT2D eigenvalue weighted by atomic mass is 32.2. The predicted molar refractivity (Wildman–Crippen MR) is 101 cm³/mol. The van der Waals surface area contributed by atoms with Gasteiger partial charge in [-0.15, -0.1) is 10.2 Å². The van der Waals surface area contributed by atoms with Crippen LogP contribution in [0.25, 0.3) is 0 Å². The molecule has 0 unspecified atom stereocenters. The number of anilines is 2. The van der Waals surface area contributed by atoms with Crippen LogP contribution in [-0.2, 0) is 9.59 Å². The second-order valence-corrected chi connectivity index (χ2v) is 8.74. The van der Waals surface area contributed by atoms with Gasteiger partial charge in [0.15, 0.2) is 4.34 Å². The lowest BCUT2D eigenvalue weighted by Gasteiger charge is -2.16. The van der Waals surface area contributed by atoms with Crippen LogP contribution in [0.5, 0.6) is 0 Å². The van der Waals surface area contributed by atoms with Crippen molar-refractivity contribution in [2.45, 2.75) is 36.3 Å². The molecule has 1 saturated heterocycles. The fourth-order valence-electron chi connectivity index (χ4n) is 2.52. The summed E-state index contributed by atoms with van der Waals surface area (Å²) in [6.45, 7) is 4.48.